The summed E-state index contributed by atoms with van der Waals surface area (Å²) in [6.45, 7) is 1.39. The predicted molar refractivity (Wildman–Crippen MR) is 108 cm³/mol. The van der Waals surface area contributed by atoms with Crippen LogP contribution in [-0.4, -0.2) is 36.1 Å². The van der Waals surface area contributed by atoms with Crippen LogP contribution in [0, 0.1) is 0 Å². The van der Waals surface area contributed by atoms with E-state index in [1.54, 1.807) is 36.4 Å². The summed E-state index contributed by atoms with van der Waals surface area (Å²) in [7, 11) is 1.41. The number of carboxylic acids is 1. The van der Waals surface area contributed by atoms with E-state index in [-0.39, 0.29) is 17.1 Å². The third-order valence-corrected chi connectivity index (χ3v) is 4.83. The molecule has 0 saturated carbocycles. The number of para-hydroxylation sites is 1. The van der Waals surface area contributed by atoms with Gasteiger partial charge < -0.3 is 14.6 Å². The number of benzene rings is 2. The first-order valence-electron chi connectivity index (χ1n) is 8.51. The number of nitrogens with one attached hydrogen (secondary N) is 1. The van der Waals surface area contributed by atoms with Crippen molar-refractivity contribution in [2.75, 3.05) is 12.1 Å². The molecule has 3 rings (SSSR count). The smallest absolute Gasteiger partial charge is 0.344 e. The van der Waals surface area contributed by atoms with Crippen LogP contribution in [0.25, 0.3) is 6.08 Å². The summed E-state index contributed by atoms with van der Waals surface area (Å²) in [5.41, 5.74) is 3.51. The highest BCUT2D eigenvalue weighted by Crippen LogP contribution is 2.36. The van der Waals surface area contributed by atoms with E-state index in [1.165, 1.54) is 31.2 Å². The van der Waals surface area contributed by atoms with Crippen molar-refractivity contribution in [3.8, 4) is 11.5 Å². The summed E-state index contributed by atoms with van der Waals surface area (Å²) in [5, 5.41) is 10.2. The molecule has 0 spiro atoms. The summed E-state index contributed by atoms with van der Waals surface area (Å²) in [6, 6.07) is 11.8. The second-order valence-corrected chi connectivity index (χ2v) is 6.95. The number of carboxylic acid groups (broad SMARTS) is 1. The van der Waals surface area contributed by atoms with E-state index < -0.39 is 23.9 Å². The van der Waals surface area contributed by atoms with Crippen LogP contribution in [0.3, 0.4) is 0 Å². The third kappa shape index (κ3) is 4.24. The number of nitrogens with zero attached hydrogens (tertiary/aromatic N) is 1. The number of hydrogen-bond donors (Lipinski definition) is 2. The lowest BCUT2D eigenvalue weighted by Gasteiger charge is -2.15. The number of anilines is 1. The van der Waals surface area contributed by atoms with Gasteiger partial charge in [0.1, 0.15) is 5.57 Å². The van der Waals surface area contributed by atoms with Crippen molar-refractivity contribution >= 4 is 45.5 Å². The molecule has 9 heteroatoms. The number of hydrogen-bond acceptors (Lipinski definition) is 5. The minimum atomic E-state index is -1.12. The molecule has 1 atom stereocenters. The number of carbonyl (C=O) groups excluding carboxylic acids is 2. The van der Waals surface area contributed by atoms with Gasteiger partial charge in [-0.15, -0.1) is 0 Å². The fraction of sp³-hybridized carbons (Fsp3) is 0.150. The SMILES string of the molecule is COc1cc(/C=C2/C(=O)NN(c3ccccc3)C2=O)c(Br)cc1O[C@@H](C)C(=O)O. The fourth-order valence-corrected chi connectivity index (χ4v) is 3.06. The zero-order valence-corrected chi connectivity index (χ0v) is 17.1. The Morgan fingerprint density at radius 1 is 1.21 bits per heavy atom. The van der Waals surface area contributed by atoms with Gasteiger partial charge in [0.15, 0.2) is 17.6 Å². The minimum absolute atomic E-state index is 0.0517. The molecule has 1 heterocycles. The molecule has 2 aromatic carbocycles. The van der Waals surface area contributed by atoms with Crippen molar-refractivity contribution in [1.29, 1.82) is 0 Å². The highest BCUT2D eigenvalue weighted by atomic mass is 79.9. The van der Waals surface area contributed by atoms with E-state index in [9.17, 15) is 14.4 Å². The quantitative estimate of drug-likeness (QED) is 0.507. The number of ether oxygens (including phenoxy) is 2. The molecule has 0 radical (unpaired) electrons. The molecule has 150 valence electrons. The van der Waals surface area contributed by atoms with E-state index in [0.29, 0.717) is 15.7 Å². The van der Waals surface area contributed by atoms with Crippen molar-refractivity contribution in [1.82, 2.24) is 5.43 Å². The van der Waals surface area contributed by atoms with E-state index in [1.807, 2.05) is 0 Å². The van der Waals surface area contributed by atoms with Crippen molar-refractivity contribution in [3.05, 3.63) is 58.1 Å². The molecule has 2 amide bonds. The Labute approximate surface area is 174 Å². The number of halogens is 1. The van der Waals surface area contributed by atoms with Gasteiger partial charge in [0, 0.05) is 4.47 Å². The topological polar surface area (TPSA) is 105 Å². The standard InChI is InChI=1S/C20H17BrN2O6/c1-11(20(26)27)29-17-10-15(21)12(9-16(17)28-2)8-14-18(24)22-23(19(14)25)13-6-4-3-5-7-13/h3-11H,1-2H3,(H,22,24)(H,26,27)/b14-8-/t11-/m0/s1. The average Bonchev–Trinajstić information content (AvgIpc) is 2.98. The molecule has 1 fully saturated rings. The lowest BCUT2D eigenvalue weighted by molar-refractivity contribution is -0.144. The molecule has 1 aliphatic heterocycles. The second kappa shape index (κ2) is 8.36. The Balaban J connectivity index is 1.94. The number of amides is 2. The van der Waals surface area contributed by atoms with Gasteiger partial charge in [-0.25, -0.2) is 9.80 Å². The first kappa shape index (κ1) is 20.4. The van der Waals surface area contributed by atoms with Crippen LogP contribution in [0.4, 0.5) is 5.69 Å². The van der Waals surface area contributed by atoms with Crippen LogP contribution in [-0.2, 0) is 14.4 Å². The van der Waals surface area contributed by atoms with Crippen LogP contribution in [0.2, 0.25) is 0 Å². The molecule has 0 bridgehead atoms. The van der Waals surface area contributed by atoms with E-state index >= 15 is 0 Å². The predicted octanol–water partition coefficient (Wildman–Crippen LogP) is 2.77. The van der Waals surface area contributed by atoms with Gasteiger partial charge in [-0.05, 0) is 42.8 Å². The largest absolute Gasteiger partial charge is 0.493 e. The van der Waals surface area contributed by atoms with Crippen molar-refractivity contribution in [2.24, 2.45) is 0 Å². The lowest BCUT2D eigenvalue weighted by atomic mass is 10.1. The third-order valence-electron chi connectivity index (χ3n) is 4.14. The zero-order valence-electron chi connectivity index (χ0n) is 15.5. The highest BCUT2D eigenvalue weighted by Gasteiger charge is 2.34. The van der Waals surface area contributed by atoms with Crippen LogP contribution >= 0.6 is 15.9 Å². The Bertz CT molecular complexity index is 1010. The Hall–Kier alpha value is -3.33. The summed E-state index contributed by atoms with van der Waals surface area (Å²) in [4.78, 5) is 36.1. The molecular formula is C20H17BrN2O6. The second-order valence-electron chi connectivity index (χ2n) is 6.10. The Morgan fingerprint density at radius 3 is 2.52 bits per heavy atom. The highest BCUT2D eigenvalue weighted by molar-refractivity contribution is 9.10. The van der Waals surface area contributed by atoms with Gasteiger partial charge >= 0.3 is 5.97 Å². The molecule has 1 saturated heterocycles. The monoisotopic (exact) mass is 460 g/mol. The zero-order chi connectivity index (χ0) is 21.1. The summed E-state index contributed by atoms with van der Waals surface area (Å²) in [5.74, 6) is -1.68. The maximum atomic E-state index is 12.7. The Morgan fingerprint density at radius 2 is 1.90 bits per heavy atom. The molecule has 0 unspecified atom stereocenters. The number of methoxy groups -OCH3 is 1. The fourth-order valence-electron chi connectivity index (χ4n) is 2.63. The lowest BCUT2D eigenvalue weighted by Crippen LogP contribution is -2.35. The van der Waals surface area contributed by atoms with Crippen molar-refractivity contribution < 1.29 is 29.0 Å². The van der Waals surface area contributed by atoms with Crippen LogP contribution in [0.1, 0.15) is 12.5 Å². The number of carbonyl (C=O) groups is 3. The molecule has 2 N–H and O–H groups in total. The Kier molecular flexibility index (Phi) is 5.88. The van der Waals surface area contributed by atoms with Gasteiger partial charge in [-0.1, -0.05) is 34.1 Å². The van der Waals surface area contributed by atoms with E-state index in [0.717, 1.165) is 0 Å². The maximum absolute atomic E-state index is 12.7. The molecule has 2 aromatic rings. The van der Waals surface area contributed by atoms with Crippen molar-refractivity contribution in [2.45, 2.75) is 13.0 Å². The first-order valence-corrected chi connectivity index (χ1v) is 9.30. The van der Waals surface area contributed by atoms with E-state index in [2.05, 4.69) is 21.4 Å². The minimum Gasteiger partial charge on any atom is -0.493 e. The summed E-state index contributed by atoms with van der Waals surface area (Å²) in [6.07, 6.45) is 0.346. The molecule has 1 aliphatic rings. The van der Waals surface area contributed by atoms with E-state index in [4.69, 9.17) is 14.6 Å². The van der Waals surface area contributed by atoms with Crippen LogP contribution in [0.5, 0.6) is 11.5 Å². The van der Waals surface area contributed by atoms with Crippen LogP contribution < -0.4 is 19.9 Å². The molecule has 0 aromatic heterocycles. The van der Waals surface area contributed by atoms with Gasteiger partial charge in [-0.2, -0.15) is 0 Å². The molecule has 0 aliphatic carbocycles. The number of hydrazine groups is 1. The molecule has 29 heavy (non-hydrogen) atoms. The summed E-state index contributed by atoms with van der Waals surface area (Å²) >= 11 is 3.36. The average molecular weight is 461 g/mol. The maximum Gasteiger partial charge on any atom is 0.344 e. The molecular weight excluding hydrogens is 444 g/mol. The number of rotatable bonds is 6. The van der Waals surface area contributed by atoms with Crippen LogP contribution in [0.15, 0.2) is 52.5 Å². The van der Waals surface area contributed by atoms with Gasteiger partial charge in [0.25, 0.3) is 11.8 Å². The first-order chi connectivity index (χ1) is 13.8. The van der Waals surface area contributed by atoms with Gasteiger partial charge in [0.2, 0.25) is 0 Å². The molecule has 8 nitrogen and oxygen atoms in total. The number of aliphatic carboxylic acids is 1. The normalized spacial score (nSPS) is 16.0. The van der Waals surface area contributed by atoms with Gasteiger partial charge in [0.05, 0.1) is 12.8 Å². The van der Waals surface area contributed by atoms with Crippen molar-refractivity contribution in [3.63, 3.8) is 0 Å². The summed E-state index contributed by atoms with van der Waals surface area (Å²) < 4.78 is 11.2. The van der Waals surface area contributed by atoms with Gasteiger partial charge in [-0.3, -0.25) is 15.0 Å².